The first kappa shape index (κ1) is 10.7. The van der Waals surface area contributed by atoms with Crippen LogP contribution in [0.4, 0.5) is 0 Å². The van der Waals surface area contributed by atoms with Crippen LogP contribution in [0, 0.1) is 0 Å². The number of amidine groups is 1. The molecule has 1 aromatic rings. The number of nitrogens with zero attached hydrogens (tertiary/aromatic N) is 1. The highest BCUT2D eigenvalue weighted by molar-refractivity contribution is 7.98. The second-order valence-corrected chi connectivity index (χ2v) is 3.38. The molecule has 0 saturated heterocycles. The highest BCUT2D eigenvalue weighted by Gasteiger charge is 2.01. The molecule has 0 aliphatic carbocycles. The van der Waals surface area contributed by atoms with E-state index >= 15 is 0 Å². The van der Waals surface area contributed by atoms with Gasteiger partial charge in [-0.05, 0) is 18.4 Å². The zero-order valence-corrected chi connectivity index (χ0v) is 8.62. The summed E-state index contributed by atoms with van der Waals surface area (Å²) >= 11 is 1.59. The molecule has 0 aromatic heterocycles. The summed E-state index contributed by atoms with van der Waals surface area (Å²) in [7, 11) is 0. The van der Waals surface area contributed by atoms with Gasteiger partial charge >= 0.3 is 0 Å². The van der Waals surface area contributed by atoms with Crippen molar-refractivity contribution in [3.63, 3.8) is 0 Å². The van der Waals surface area contributed by atoms with Crippen LogP contribution in [-0.4, -0.2) is 23.9 Å². The van der Waals surface area contributed by atoms with Crippen LogP contribution in [0.2, 0.25) is 0 Å². The molecule has 5 heteroatoms. The molecule has 0 radical (unpaired) electrons. The summed E-state index contributed by atoms with van der Waals surface area (Å²) in [6, 6.07) is 7.60. The monoisotopic (exact) mass is 212 g/mol. The zero-order valence-electron chi connectivity index (χ0n) is 7.80. The molecule has 0 spiro atoms. The molecular weight excluding hydrogens is 200 g/mol. The molecule has 3 N–H and O–H groups in total. The number of ether oxygens (including phenoxy) is 1. The fourth-order valence-corrected chi connectivity index (χ4v) is 1.46. The lowest BCUT2D eigenvalue weighted by molar-refractivity contribution is 0.305. The SMILES string of the molecule is CSc1ccccc1OCC(N)=NO. The van der Waals surface area contributed by atoms with Crippen molar-refractivity contribution in [2.24, 2.45) is 10.9 Å². The van der Waals surface area contributed by atoms with E-state index < -0.39 is 0 Å². The summed E-state index contributed by atoms with van der Waals surface area (Å²) in [5.74, 6) is 0.799. The fourth-order valence-electron chi connectivity index (χ4n) is 0.919. The van der Waals surface area contributed by atoms with E-state index in [-0.39, 0.29) is 12.4 Å². The van der Waals surface area contributed by atoms with Crippen LogP contribution < -0.4 is 10.5 Å². The number of oxime groups is 1. The molecule has 0 amide bonds. The van der Waals surface area contributed by atoms with E-state index in [4.69, 9.17) is 15.7 Å². The van der Waals surface area contributed by atoms with Crippen molar-refractivity contribution in [3.8, 4) is 5.75 Å². The quantitative estimate of drug-likeness (QED) is 0.261. The van der Waals surface area contributed by atoms with Crippen molar-refractivity contribution in [1.29, 1.82) is 0 Å². The van der Waals surface area contributed by atoms with Crippen LogP contribution in [0.5, 0.6) is 5.75 Å². The first-order valence-corrected chi connectivity index (χ1v) is 5.22. The van der Waals surface area contributed by atoms with E-state index in [9.17, 15) is 0 Å². The maximum atomic E-state index is 8.32. The van der Waals surface area contributed by atoms with E-state index in [1.54, 1.807) is 11.8 Å². The molecule has 0 atom stereocenters. The van der Waals surface area contributed by atoms with Crippen LogP contribution in [0.15, 0.2) is 34.3 Å². The van der Waals surface area contributed by atoms with Crippen LogP contribution >= 0.6 is 11.8 Å². The average Bonchev–Trinajstić information content (AvgIpc) is 2.26. The molecule has 0 saturated carbocycles. The Kier molecular flexibility index (Phi) is 4.12. The predicted octanol–water partition coefficient (Wildman–Crippen LogP) is 1.53. The largest absolute Gasteiger partial charge is 0.484 e. The standard InChI is InChI=1S/C9H12N2O2S/c1-14-8-5-3-2-4-7(8)13-6-9(10)11-12/h2-5,12H,6H2,1H3,(H2,10,11). The van der Waals surface area contributed by atoms with E-state index in [0.29, 0.717) is 0 Å². The molecule has 76 valence electrons. The van der Waals surface area contributed by atoms with Crippen molar-refractivity contribution < 1.29 is 9.94 Å². The van der Waals surface area contributed by atoms with Gasteiger partial charge in [0.2, 0.25) is 0 Å². The van der Waals surface area contributed by atoms with Gasteiger partial charge in [-0.1, -0.05) is 17.3 Å². The number of para-hydroxylation sites is 1. The highest BCUT2D eigenvalue weighted by atomic mass is 32.2. The minimum Gasteiger partial charge on any atom is -0.484 e. The first-order valence-electron chi connectivity index (χ1n) is 4.00. The number of hydrogen-bond acceptors (Lipinski definition) is 4. The lowest BCUT2D eigenvalue weighted by atomic mass is 10.3. The number of hydrogen-bond donors (Lipinski definition) is 2. The zero-order chi connectivity index (χ0) is 10.4. The Labute approximate surface area is 86.7 Å². The van der Waals surface area contributed by atoms with Gasteiger partial charge in [-0.15, -0.1) is 11.8 Å². The van der Waals surface area contributed by atoms with Crippen LogP contribution in [0.25, 0.3) is 0 Å². The summed E-state index contributed by atoms with van der Waals surface area (Å²) in [4.78, 5) is 1.03. The average molecular weight is 212 g/mol. The van der Waals surface area contributed by atoms with Crippen molar-refractivity contribution in [2.45, 2.75) is 4.90 Å². The third kappa shape index (κ3) is 2.85. The summed E-state index contributed by atoms with van der Waals surface area (Å²) < 4.78 is 5.34. The maximum Gasteiger partial charge on any atom is 0.177 e. The van der Waals surface area contributed by atoms with Gasteiger partial charge in [0.25, 0.3) is 0 Å². The van der Waals surface area contributed by atoms with Crippen molar-refractivity contribution >= 4 is 17.6 Å². The second kappa shape index (κ2) is 5.39. The number of benzene rings is 1. The highest BCUT2D eigenvalue weighted by Crippen LogP contribution is 2.26. The van der Waals surface area contributed by atoms with Gasteiger partial charge in [0, 0.05) is 4.90 Å². The van der Waals surface area contributed by atoms with Crippen LogP contribution in [0.1, 0.15) is 0 Å². The Hall–Kier alpha value is -1.36. The Morgan fingerprint density at radius 3 is 2.93 bits per heavy atom. The molecule has 4 nitrogen and oxygen atoms in total. The second-order valence-electron chi connectivity index (χ2n) is 2.53. The van der Waals surface area contributed by atoms with Gasteiger partial charge in [0.15, 0.2) is 5.84 Å². The Morgan fingerprint density at radius 1 is 1.57 bits per heavy atom. The molecule has 0 heterocycles. The molecule has 0 fully saturated rings. The Morgan fingerprint density at radius 2 is 2.29 bits per heavy atom. The molecule has 0 aliphatic rings. The molecular formula is C9H12N2O2S. The van der Waals surface area contributed by atoms with E-state index in [2.05, 4.69) is 5.16 Å². The van der Waals surface area contributed by atoms with Gasteiger partial charge in [-0.25, -0.2) is 0 Å². The van der Waals surface area contributed by atoms with Crippen molar-refractivity contribution in [3.05, 3.63) is 24.3 Å². The van der Waals surface area contributed by atoms with Gasteiger partial charge < -0.3 is 15.7 Å². The molecule has 0 aliphatic heterocycles. The molecule has 1 aromatic carbocycles. The molecule has 0 unspecified atom stereocenters. The smallest absolute Gasteiger partial charge is 0.177 e. The predicted molar refractivity (Wildman–Crippen MR) is 57.1 cm³/mol. The normalized spacial score (nSPS) is 11.4. The minimum absolute atomic E-state index is 0.0564. The molecule has 14 heavy (non-hydrogen) atoms. The lowest BCUT2D eigenvalue weighted by Crippen LogP contribution is -2.20. The Bertz CT molecular complexity index is 328. The van der Waals surface area contributed by atoms with Crippen LogP contribution in [-0.2, 0) is 0 Å². The first-order chi connectivity index (χ1) is 6.77. The van der Waals surface area contributed by atoms with E-state index in [1.807, 2.05) is 30.5 Å². The van der Waals surface area contributed by atoms with Crippen molar-refractivity contribution in [1.82, 2.24) is 0 Å². The lowest BCUT2D eigenvalue weighted by Gasteiger charge is -2.08. The summed E-state index contributed by atoms with van der Waals surface area (Å²) in [6.07, 6.45) is 1.96. The topological polar surface area (TPSA) is 67.8 Å². The summed E-state index contributed by atoms with van der Waals surface area (Å²) in [5, 5.41) is 11.1. The van der Waals surface area contributed by atoms with Gasteiger partial charge in [-0.3, -0.25) is 0 Å². The number of thioether (sulfide) groups is 1. The van der Waals surface area contributed by atoms with E-state index in [1.165, 1.54) is 0 Å². The number of rotatable bonds is 4. The minimum atomic E-state index is 0.0564. The fraction of sp³-hybridized carbons (Fsp3) is 0.222. The summed E-state index contributed by atoms with van der Waals surface area (Å²) in [6.45, 7) is 0.0913. The van der Waals surface area contributed by atoms with Gasteiger partial charge in [0.05, 0.1) is 0 Å². The molecule has 0 bridgehead atoms. The van der Waals surface area contributed by atoms with E-state index in [0.717, 1.165) is 10.6 Å². The van der Waals surface area contributed by atoms with Crippen LogP contribution in [0.3, 0.4) is 0 Å². The van der Waals surface area contributed by atoms with Gasteiger partial charge in [-0.2, -0.15) is 0 Å². The Balaban J connectivity index is 2.66. The molecule has 1 rings (SSSR count). The summed E-state index contributed by atoms with van der Waals surface area (Å²) in [5.41, 5.74) is 5.28. The maximum absolute atomic E-state index is 8.32. The third-order valence-corrected chi connectivity index (χ3v) is 2.35. The van der Waals surface area contributed by atoms with Crippen molar-refractivity contribution in [2.75, 3.05) is 12.9 Å². The third-order valence-electron chi connectivity index (χ3n) is 1.57. The van der Waals surface area contributed by atoms with Gasteiger partial charge in [0.1, 0.15) is 12.4 Å². The number of nitrogens with two attached hydrogens (primary N) is 1.